The van der Waals surface area contributed by atoms with E-state index in [9.17, 15) is 4.79 Å². The van der Waals surface area contributed by atoms with E-state index in [0.29, 0.717) is 17.2 Å². The minimum absolute atomic E-state index is 0.0361. The van der Waals surface area contributed by atoms with Crippen LogP contribution in [0.1, 0.15) is 27.2 Å². The molecule has 2 nitrogen and oxygen atoms in total. The molecule has 0 aliphatic heterocycles. The number of esters is 1. The topological polar surface area (TPSA) is 26.3 Å². The Morgan fingerprint density at radius 2 is 2.08 bits per heavy atom. The summed E-state index contributed by atoms with van der Waals surface area (Å²) >= 11 is 0. The van der Waals surface area contributed by atoms with E-state index in [2.05, 4.69) is 27.0 Å². The third-order valence-electron chi connectivity index (χ3n) is 2.32. The van der Waals surface area contributed by atoms with E-state index in [1.165, 1.54) is 0 Å². The molecule has 0 spiro atoms. The van der Waals surface area contributed by atoms with Crippen LogP contribution in [0, 0.1) is 0 Å². The maximum Gasteiger partial charge on any atom is 0.333 e. The second-order valence-electron chi connectivity index (χ2n) is 4.18. The van der Waals surface area contributed by atoms with Gasteiger partial charge in [0.05, 0.1) is 6.61 Å². The predicted molar refractivity (Wildman–Crippen MR) is 58.8 cm³/mol. The van der Waals surface area contributed by atoms with Gasteiger partial charge in [0.2, 0.25) is 0 Å². The summed E-state index contributed by atoms with van der Waals surface area (Å²) in [4.78, 5) is 11.0. The summed E-state index contributed by atoms with van der Waals surface area (Å²) in [7, 11) is -0.0361. The van der Waals surface area contributed by atoms with Crippen LogP contribution < -0.4 is 0 Å². The number of rotatable bonds is 5. The number of hydrogen-bond donors (Lipinski definition) is 0. The molecule has 0 bridgehead atoms. The van der Waals surface area contributed by atoms with Crippen LogP contribution in [0.3, 0.4) is 0 Å². The van der Waals surface area contributed by atoms with Gasteiger partial charge in [0.15, 0.2) is 0 Å². The largest absolute Gasteiger partial charge is 0.462 e. The maximum atomic E-state index is 11.0. The van der Waals surface area contributed by atoms with Gasteiger partial charge < -0.3 is 4.74 Å². The normalized spacial score (nSPS) is 12.0. The van der Waals surface area contributed by atoms with E-state index in [4.69, 9.17) is 4.74 Å². The van der Waals surface area contributed by atoms with E-state index in [1.54, 1.807) is 6.92 Å². The molecule has 0 aromatic heterocycles. The third-order valence-corrected chi connectivity index (χ3v) is 4.59. The fourth-order valence-electron chi connectivity index (χ4n) is 0.720. The van der Waals surface area contributed by atoms with E-state index in [0.717, 1.165) is 6.42 Å². The van der Waals surface area contributed by atoms with E-state index < -0.39 is 0 Å². The Labute approximate surface area is 83.2 Å². The maximum absolute atomic E-state index is 11.0. The molecule has 0 heterocycles. The standard InChI is InChI=1S/C10H20O2Si/c1-8(2)9(11)12-7-6-10(3,4)13-5/h1,6-7,13H2,2-5H3. The number of ether oxygens (including phenoxy) is 1. The van der Waals surface area contributed by atoms with Crippen molar-refractivity contribution in [1.29, 1.82) is 0 Å². The highest BCUT2D eigenvalue weighted by Crippen LogP contribution is 2.26. The third kappa shape index (κ3) is 5.63. The minimum atomic E-state index is -0.270. The fourth-order valence-corrected chi connectivity index (χ4v) is 1.22. The number of carbonyl (C=O) groups is 1. The van der Waals surface area contributed by atoms with Crippen LogP contribution in [0.2, 0.25) is 11.6 Å². The molecule has 0 aliphatic carbocycles. The molecule has 0 rings (SSSR count). The molecule has 0 aromatic carbocycles. The summed E-state index contributed by atoms with van der Waals surface area (Å²) < 4.78 is 5.02. The smallest absolute Gasteiger partial charge is 0.333 e. The average Bonchev–Trinajstić information content (AvgIpc) is 2.04. The van der Waals surface area contributed by atoms with Crippen molar-refractivity contribution in [3.8, 4) is 0 Å². The molecule has 76 valence electrons. The molecule has 3 heteroatoms. The van der Waals surface area contributed by atoms with Crippen molar-refractivity contribution in [3.05, 3.63) is 12.2 Å². The van der Waals surface area contributed by atoms with Gasteiger partial charge in [-0.05, 0) is 18.4 Å². The first kappa shape index (κ1) is 12.4. The zero-order valence-electron chi connectivity index (χ0n) is 9.14. The van der Waals surface area contributed by atoms with Gasteiger partial charge in [-0.15, -0.1) is 0 Å². The van der Waals surface area contributed by atoms with E-state index >= 15 is 0 Å². The van der Waals surface area contributed by atoms with Crippen molar-refractivity contribution >= 4 is 15.5 Å². The number of carbonyl (C=O) groups excluding carboxylic acids is 1. The lowest BCUT2D eigenvalue weighted by atomic mass is 10.1. The summed E-state index contributed by atoms with van der Waals surface area (Å²) in [5.41, 5.74) is 0.478. The van der Waals surface area contributed by atoms with Gasteiger partial charge in [-0.25, -0.2) is 4.79 Å². The SMILES string of the molecule is C=C(C)C(=O)OCCC(C)(C)[SiH2]C. The molecular formula is C10H20O2Si. The summed E-state index contributed by atoms with van der Waals surface area (Å²) in [5.74, 6) is -0.270. The second kappa shape index (κ2) is 5.22. The molecular weight excluding hydrogens is 180 g/mol. The van der Waals surface area contributed by atoms with Gasteiger partial charge in [-0.1, -0.05) is 27.0 Å². The van der Waals surface area contributed by atoms with E-state index in [-0.39, 0.29) is 15.5 Å². The Balaban J connectivity index is 3.68. The molecule has 0 saturated carbocycles. The minimum Gasteiger partial charge on any atom is -0.462 e. The van der Waals surface area contributed by atoms with Gasteiger partial charge in [0, 0.05) is 15.1 Å². The van der Waals surface area contributed by atoms with Crippen LogP contribution in [0.5, 0.6) is 0 Å². The first-order valence-electron chi connectivity index (χ1n) is 4.71. The van der Waals surface area contributed by atoms with Gasteiger partial charge >= 0.3 is 5.97 Å². The van der Waals surface area contributed by atoms with E-state index in [1.807, 2.05) is 0 Å². The summed E-state index contributed by atoms with van der Waals surface area (Å²) in [6.07, 6.45) is 0.967. The average molecular weight is 200 g/mol. The first-order chi connectivity index (χ1) is 5.89. The van der Waals surface area contributed by atoms with Crippen molar-refractivity contribution < 1.29 is 9.53 Å². The zero-order valence-corrected chi connectivity index (χ0v) is 10.6. The van der Waals surface area contributed by atoms with Crippen molar-refractivity contribution in [3.63, 3.8) is 0 Å². The van der Waals surface area contributed by atoms with Crippen LogP contribution in [0.4, 0.5) is 0 Å². The second-order valence-corrected chi connectivity index (χ2v) is 6.81. The Kier molecular flexibility index (Phi) is 4.99. The van der Waals surface area contributed by atoms with Gasteiger partial charge in [0.25, 0.3) is 0 Å². The predicted octanol–water partition coefficient (Wildman–Crippen LogP) is 1.91. The Hall–Kier alpha value is -0.573. The quantitative estimate of drug-likeness (QED) is 0.385. The first-order valence-corrected chi connectivity index (χ1v) is 6.84. The van der Waals surface area contributed by atoms with Gasteiger partial charge in [0.1, 0.15) is 0 Å². The lowest BCUT2D eigenvalue weighted by molar-refractivity contribution is -0.139. The molecule has 13 heavy (non-hydrogen) atoms. The Morgan fingerprint density at radius 3 is 2.46 bits per heavy atom. The van der Waals surface area contributed by atoms with Crippen LogP contribution in [-0.2, 0) is 9.53 Å². The van der Waals surface area contributed by atoms with Crippen LogP contribution in [-0.4, -0.2) is 22.1 Å². The summed E-state index contributed by atoms with van der Waals surface area (Å²) in [6, 6.07) is 0. The molecule has 0 atom stereocenters. The lowest BCUT2D eigenvalue weighted by Crippen LogP contribution is -2.15. The van der Waals surface area contributed by atoms with Gasteiger partial charge in [-0.2, -0.15) is 0 Å². The number of hydrogen-bond acceptors (Lipinski definition) is 2. The molecule has 0 aromatic rings. The van der Waals surface area contributed by atoms with Crippen molar-refractivity contribution in [2.24, 2.45) is 0 Å². The van der Waals surface area contributed by atoms with Crippen molar-refractivity contribution in [1.82, 2.24) is 0 Å². The Morgan fingerprint density at radius 1 is 1.54 bits per heavy atom. The molecule has 0 radical (unpaired) electrons. The monoisotopic (exact) mass is 200 g/mol. The van der Waals surface area contributed by atoms with Crippen LogP contribution in [0.25, 0.3) is 0 Å². The van der Waals surface area contributed by atoms with Crippen molar-refractivity contribution in [2.75, 3.05) is 6.61 Å². The highest BCUT2D eigenvalue weighted by atomic mass is 28.2. The lowest BCUT2D eigenvalue weighted by Gasteiger charge is -2.21. The highest BCUT2D eigenvalue weighted by molar-refractivity contribution is 6.37. The molecule has 0 amide bonds. The summed E-state index contributed by atoms with van der Waals surface area (Å²) in [6.45, 7) is 12.5. The zero-order chi connectivity index (χ0) is 10.5. The van der Waals surface area contributed by atoms with Crippen molar-refractivity contribution in [2.45, 2.75) is 38.8 Å². The fraction of sp³-hybridized carbons (Fsp3) is 0.700. The van der Waals surface area contributed by atoms with Crippen LogP contribution in [0.15, 0.2) is 12.2 Å². The highest BCUT2D eigenvalue weighted by Gasteiger charge is 2.15. The summed E-state index contributed by atoms with van der Waals surface area (Å²) in [5, 5.41) is 0.398. The molecule has 0 fully saturated rings. The molecule has 0 aliphatic rings. The molecule has 0 saturated heterocycles. The molecule has 0 unspecified atom stereocenters. The van der Waals surface area contributed by atoms with Gasteiger partial charge in [-0.3, -0.25) is 0 Å². The van der Waals surface area contributed by atoms with Crippen LogP contribution >= 0.6 is 0 Å². The Bertz CT molecular complexity index is 197. The molecule has 0 N–H and O–H groups in total.